The maximum absolute atomic E-state index is 12.9. The van der Waals surface area contributed by atoms with Crippen molar-refractivity contribution in [1.82, 2.24) is 9.88 Å². The van der Waals surface area contributed by atoms with Crippen molar-refractivity contribution in [3.05, 3.63) is 65.5 Å². The number of nitriles is 1. The van der Waals surface area contributed by atoms with Crippen LogP contribution in [0.3, 0.4) is 0 Å². The van der Waals surface area contributed by atoms with Gasteiger partial charge in [-0.25, -0.2) is 0 Å². The lowest BCUT2D eigenvalue weighted by Gasteiger charge is -2.48. The first-order chi connectivity index (χ1) is 12.7. The summed E-state index contributed by atoms with van der Waals surface area (Å²) >= 11 is 0. The molecule has 2 aliphatic heterocycles. The normalized spacial score (nSPS) is 25.4. The van der Waals surface area contributed by atoms with Crippen LogP contribution in [0.5, 0.6) is 0 Å². The number of benzene rings is 1. The molecule has 0 N–H and O–H groups in total. The van der Waals surface area contributed by atoms with Crippen molar-refractivity contribution < 1.29 is 9.53 Å². The molecule has 2 fully saturated rings. The van der Waals surface area contributed by atoms with Crippen molar-refractivity contribution in [3.8, 4) is 6.07 Å². The number of carbonyl (C=O) groups is 1. The predicted molar refractivity (Wildman–Crippen MR) is 96.4 cm³/mol. The van der Waals surface area contributed by atoms with Gasteiger partial charge in [-0.2, -0.15) is 5.26 Å². The molecule has 132 valence electrons. The third-order valence-corrected chi connectivity index (χ3v) is 5.39. The molecular weight excluding hydrogens is 326 g/mol. The van der Waals surface area contributed by atoms with Gasteiger partial charge in [0.2, 0.25) is 0 Å². The number of ether oxygens (including phenoxy) is 1. The van der Waals surface area contributed by atoms with Crippen molar-refractivity contribution in [2.24, 2.45) is 5.92 Å². The molecule has 0 radical (unpaired) electrons. The number of carbonyl (C=O) groups excluding carboxylic acids is 1. The summed E-state index contributed by atoms with van der Waals surface area (Å²) in [6, 6.07) is 16.2. The average Bonchev–Trinajstić information content (AvgIpc) is 2.68. The molecule has 2 unspecified atom stereocenters. The molecule has 0 amide bonds. The number of Topliss-reactive ketones (excluding diaryl/α,β-unsaturated/α-hetero) is 1. The summed E-state index contributed by atoms with van der Waals surface area (Å²) < 4.78 is 5.76. The van der Waals surface area contributed by atoms with Gasteiger partial charge in [-0.3, -0.25) is 14.7 Å². The summed E-state index contributed by atoms with van der Waals surface area (Å²) in [6.45, 7) is 2.22. The molecule has 2 atom stereocenters. The van der Waals surface area contributed by atoms with Crippen LogP contribution >= 0.6 is 0 Å². The van der Waals surface area contributed by atoms with E-state index in [0.717, 1.165) is 19.4 Å². The fourth-order valence-corrected chi connectivity index (χ4v) is 4.10. The third kappa shape index (κ3) is 3.39. The van der Waals surface area contributed by atoms with Crippen LogP contribution in [0.2, 0.25) is 0 Å². The van der Waals surface area contributed by atoms with Gasteiger partial charge in [0.1, 0.15) is 5.69 Å². The Morgan fingerprint density at radius 2 is 1.92 bits per heavy atom. The van der Waals surface area contributed by atoms with Gasteiger partial charge in [0.15, 0.2) is 5.78 Å². The van der Waals surface area contributed by atoms with Crippen LogP contribution < -0.4 is 0 Å². The van der Waals surface area contributed by atoms with E-state index in [1.54, 1.807) is 18.3 Å². The largest absolute Gasteiger partial charge is 0.378 e. The standard InChI is InChI=1S/C21H21N3O2/c22-11-16-6-7-23-20(8-16)21(25)17-9-18-13-26-14-19(10-17)24(18)12-15-4-2-1-3-5-15/h1-8,17-19H,9-10,12-14H2. The van der Waals surface area contributed by atoms with Gasteiger partial charge in [-0.15, -0.1) is 0 Å². The highest BCUT2D eigenvalue weighted by atomic mass is 16.5. The molecule has 2 bridgehead atoms. The van der Waals surface area contributed by atoms with Crippen LogP contribution in [0.4, 0.5) is 0 Å². The van der Waals surface area contributed by atoms with E-state index >= 15 is 0 Å². The molecule has 26 heavy (non-hydrogen) atoms. The maximum Gasteiger partial charge on any atom is 0.184 e. The minimum Gasteiger partial charge on any atom is -0.378 e. The van der Waals surface area contributed by atoms with Crippen LogP contribution in [0.15, 0.2) is 48.7 Å². The fourth-order valence-electron chi connectivity index (χ4n) is 4.10. The molecule has 4 rings (SSSR count). The summed E-state index contributed by atoms with van der Waals surface area (Å²) in [5, 5.41) is 9.05. The van der Waals surface area contributed by atoms with Crippen LogP contribution in [0.1, 0.15) is 34.5 Å². The number of hydrogen-bond acceptors (Lipinski definition) is 5. The zero-order chi connectivity index (χ0) is 17.9. The molecule has 0 saturated carbocycles. The van der Waals surface area contributed by atoms with E-state index in [1.807, 2.05) is 6.07 Å². The lowest BCUT2D eigenvalue weighted by atomic mass is 9.81. The third-order valence-electron chi connectivity index (χ3n) is 5.39. The number of morpholine rings is 1. The Labute approximate surface area is 153 Å². The number of fused-ring (bicyclic) bond motifs is 2. The lowest BCUT2D eigenvalue weighted by molar-refractivity contribution is -0.0873. The Balaban J connectivity index is 1.50. The molecular formula is C21H21N3O2. The summed E-state index contributed by atoms with van der Waals surface area (Å²) in [6.07, 6.45) is 3.10. The minimum absolute atomic E-state index is 0.0534. The van der Waals surface area contributed by atoms with Gasteiger partial charge < -0.3 is 4.74 Å². The molecule has 1 aromatic heterocycles. The average molecular weight is 347 g/mol. The molecule has 0 spiro atoms. The van der Waals surface area contributed by atoms with E-state index in [0.29, 0.717) is 24.5 Å². The Bertz CT molecular complexity index is 817. The molecule has 0 aliphatic carbocycles. The fraction of sp³-hybridized carbons (Fsp3) is 0.381. The van der Waals surface area contributed by atoms with E-state index in [1.165, 1.54) is 5.56 Å². The smallest absolute Gasteiger partial charge is 0.184 e. The second-order valence-corrected chi connectivity index (χ2v) is 7.08. The Hall–Kier alpha value is -2.55. The summed E-state index contributed by atoms with van der Waals surface area (Å²) in [5.41, 5.74) is 2.18. The van der Waals surface area contributed by atoms with Crippen LogP contribution in [-0.2, 0) is 11.3 Å². The van der Waals surface area contributed by atoms with E-state index in [2.05, 4.69) is 40.2 Å². The Morgan fingerprint density at radius 3 is 2.62 bits per heavy atom. The van der Waals surface area contributed by atoms with Crippen LogP contribution in [-0.4, -0.2) is 41.0 Å². The maximum atomic E-state index is 12.9. The van der Waals surface area contributed by atoms with Crippen molar-refractivity contribution in [2.75, 3.05) is 13.2 Å². The SMILES string of the molecule is N#Cc1ccnc(C(=O)C2CC3COCC(C2)N3Cc2ccccc2)c1. The first-order valence-corrected chi connectivity index (χ1v) is 9.02. The number of ketones is 1. The highest BCUT2D eigenvalue weighted by Gasteiger charge is 2.41. The second-order valence-electron chi connectivity index (χ2n) is 7.08. The van der Waals surface area contributed by atoms with Crippen molar-refractivity contribution >= 4 is 5.78 Å². The van der Waals surface area contributed by atoms with Gasteiger partial charge in [0, 0.05) is 30.7 Å². The molecule has 1 aromatic carbocycles. The molecule has 2 saturated heterocycles. The molecule has 3 heterocycles. The first-order valence-electron chi connectivity index (χ1n) is 9.02. The lowest BCUT2D eigenvalue weighted by Crippen LogP contribution is -2.57. The van der Waals surface area contributed by atoms with E-state index in [-0.39, 0.29) is 23.8 Å². The number of nitrogens with zero attached hydrogens (tertiary/aromatic N) is 3. The quantitative estimate of drug-likeness (QED) is 0.796. The van der Waals surface area contributed by atoms with Crippen LogP contribution in [0, 0.1) is 17.2 Å². The summed E-state index contributed by atoms with van der Waals surface area (Å²) in [5.74, 6) is 0.000673. The van der Waals surface area contributed by atoms with Gasteiger partial charge in [0.25, 0.3) is 0 Å². The van der Waals surface area contributed by atoms with Gasteiger partial charge >= 0.3 is 0 Å². The first kappa shape index (κ1) is 16.9. The number of piperidine rings is 1. The summed E-state index contributed by atoms with van der Waals surface area (Å²) in [7, 11) is 0. The second kappa shape index (κ2) is 7.36. The Morgan fingerprint density at radius 1 is 1.19 bits per heavy atom. The van der Waals surface area contributed by atoms with Gasteiger partial charge in [-0.05, 0) is 30.5 Å². The number of rotatable bonds is 4. The topological polar surface area (TPSA) is 66.2 Å². The minimum atomic E-state index is -0.0534. The van der Waals surface area contributed by atoms with Gasteiger partial charge in [0.05, 0.1) is 24.8 Å². The highest BCUT2D eigenvalue weighted by molar-refractivity contribution is 5.96. The molecule has 5 nitrogen and oxygen atoms in total. The molecule has 2 aromatic rings. The highest BCUT2D eigenvalue weighted by Crippen LogP contribution is 2.34. The predicted octanol–water partition coefficient (Wildman–Crippen LogP) is 2.82. The number of hydrogen-bond donors (Lipinski definition) is 0. The van der Waals surface area contributed by atoms with Crippen molar-refractivity contribution in [1.29, 1.82) is 5.26 Å². The summed E-state index contributed by atoms with van der Waals surface area (Å²) in [4.78, 5) is 19.6. The van der Waals surface area contributed by atoms with Crippen LogP contribution in [0.25, 0.3) is 0 Å². The van der Waals surface area contributed by atoms with Crippen molar-refractivity contribution in [2.45, 2.75) is 31.5 Å². The molecule has 5 heteroatoms. The van der Waals surface area contributed by atoms with E-state index in [9.17, 15) is 4.79 Å². The number of pyridine rings is 1. The Kier molecular flexibility index (Phi) is 4.79. The molecule has 2 aliphatic rings. The monoisotopic (exact) mass is 347 g/mol. The van der Waals surface area contributed by atoms with E-state index < -0.39 is 0 Å². The van der Waals surface area contributed by atoms with E-state index in [4.69, 9.17) is 10.00 Å². The van der Waals surface area contributed by atoms with Gasteiger partial charge in [-0.1, -0.05) is 30.3 Å². The number of aromatic nitrogens is 1. The zero-order valence-electron chi connectivity index (χ0n) is 14.5. The zero-order valence-corrected chi connectivity index (χ0v) is 14.5. The van der Waals surface area contributed by atoms with Crippen molar-refractivity contribution in [3.63, 3.8) is 0 Å².